The number of hydrogen-bond acceptors (Lipinski definition) is 4. The summed E-state index contributed by atoms with van der Waals surface area (Å²) in [4.78, 5) is 16.9. The molecule has 0 bridgehead atoms. The van der Waals surface area contributed by atoms with Crippen LogP contribution in [-0.4, -0.2) is 37.0 Å². The number of pyridine rings is 1. The van der Waals surface area contributed by atoms with Gasteiger partial charge in [-0.15, -0.1) is 0 Å². The first-order chi connectivity index (χ1) is 14.4. The molecule has 0 aliphatic rings. The van der Waals surface area contributed by atoms with Gasteiger partial charge in [-0.25, -0.2) is 14.3 Å². The van der Waals surface area contributed by atoms with Crippen LogP contribution >= 0.6 is 0 Å². The molecule has 3 aromatic heterocycles. The number of aryl methyl sites for hydroxylation is 2. The highest BCUT2D eigenvalue weighted by atomic mass is 16.1. The molecular formula is C23H26N6O. The molecule has 30 heavy (non-hydrogen) atoms. The normalized spacial score (nSPS) is 11.4. The second-order valence-electron chi connectivity index (χ2n) is 7.83. The maximum absolute atomic E-state index is 12.5. The molecule has 0 fully saturated rings. The zero-order chi connectivity index (χ0) is 21.3. The minimum absolute atomic E-state index is 0.124. The standard InChI is InChI=1S/C23H26N6O/c1-15(2)28-22-19(14-26-28)12-20(13-25-22)23(30)24-10-9-18-5-7-21(8-6-18)29-17(4)11-16(3)27-29/h5-8,11-15H,9-10H2,1-4H3,(H,24,30). The van der Waals surface area contributed by atoms with E-state index in [-0.39, 0.29) is 11.9 Å². The van der Waals surface area contributed by atoms with Crippen LogP contribution in [0.5, 0.6) is 0 Å². The Kier molecular flexibility index (Phi) is 5.35. The Bertz CT molecular complexity index is 1190. The number of nitrogens with zero attached hydrogens (tertiary/aromatic N) is 5. The average Bonchev–Trinajstić information content (AvgIpc) is 3.30. The predicted molar refractivity (Wildman–Crippen MR) is 117 cm³/mol. The summed E-state index contributed by atoms with van der Waals surface area (Å²) in [5, 5.41) is 12.7. The number of carbonyl (C=O) groups excluding carboxylic acids is 1. The number of benzene rings is 1. The molecule has 3 heterocycles. The second kappa shape index (κ2) is 8.10. The molecule has 154 valence electrons. The second-order valence-corrected chi connectivity index (χ2v) is 7.83. The molecule has 0 saturated heterocycles. The quantitative estimate of drug-likeness (QED) is 0.532. The SMILES string of the molecule is Cc1cc(C)n(-c2ccc(CCNC(=O)c3cnc4c(cnn4C(C)C)c3)cc2)n1. The molecule has 0 unspecified atom stereocenters. The van der Waals surface area contributed by atoms with Crippen molar-refractivity contribution in [2.24, 2.45) is 0 Å². The van der Waals surface area contributed by atoms with E-state index in [0.717, 1.165) is 40.1 Å². The topological polar surface area (TPSA) is 77.6 Å². The number of hydrogen-bond donors (Lipinski definition) is 1. The molecule has 0 aliphatic carbocycles. The largest absolute Gasteiger partial charge is 0.352 e. The molecule has 0 radical (unpaired) electrons. The molecule has 1 N–H and O–H groups in total. The minimum atomic E-state index is -0.124. The fourth-order valence-corrected chi connectivity index (χ4v) is 3.56. The van der Waals surface area contributed by atoms with Crippen molar-refractivity contribution in [3.05, 3.63) is 71.3 Å². The van der Waals surface area contributed by atoms with Crippen molar-refractivity contribution in [2.75, 3.05) is 6.54 Å². The van der Waals surface area contributed by atoms with E-state index in [0.29, 0.717) is 12.1 Å². The van der Waals surface area contributed by atoms with Crippen molar-refractivity contribution in [2.45, 2.75) is 40.2 Å². The maximum atomic E-state index is 12.5. The van der Waals surface area contributed by atoms with E-state index in [4.69, 9.17) is 0 Å². The molecule has 0 atom stereocenters. The van der Waals surface area contributed by atoms with Gasteiger partial charge in [-0.2, -0.15) is 10.2 Å². The Balaban J connectivity index is 1.36. The van der Waals surface area contributed by atoms with Gasteiger partial charge >= 0.3 is 0 Å². The Hall–Kier alpha value is -3.48. The number of fused-ring (bicyclic) bond motifs is 1. The number of amides is 1. The average molecular weight is 403 g/mol. The van der Waals surface area contributed by atoms with E-state index in [1.54, 1.807) is 12.4 Å². The molecule has 7 heteroatoms. The highest BCUT2D eigenvalue weighted by Gasteiger charge is 2.11. The lowest BCUT2D eigenvalue weighted by Crippen LogP contribution is -2.25. The summed E-state index contributed by atoms with van der Waals surface area (Å²) in [6, 6.07) is 12.4. The Morgan fingerprint density at radius 2 is 1.87 bits per heavy atom. The monoisotopic (exact) mass is 402 g/mol. The smallest absolute Gasteiger partial charge is 0.252 e. The van der Waals surface area contributed by atoms with Gasteiger partial charge in [-0.3, -0.25) is 4.79 Å². The van der Waals surface area contributed by atoms with Crippen LogP contribution in [0.1, 0.15) is 47.2 Å². The van der Waals surface area contributed by atoms with Gasteiger partial charge in [-0.05, 0) is 63.9 Å². The third-order valence-corrected chi connectivity index (χ3v) is 5.07. The van der Waals surface area contributed by atoms with E-state index < -0.39 is 0 Å². The number of aromatic nitrogens is 5. The molecule has 1 amide bonds. The van der Waals surface area contributed by atoms with Crippen LogP contribution in [0.25, 0.3) is 16.7 Å². The fraction of sp³-hybridized carbons (Fsp3) is 0.304. The van der Waals surface area contributed by atoms with Crippen LogP contribution < -0.4 is 5.32 Å². The van der Waals surface area contributed by atoms with Crippen molar-refractivity contribution in [1.82, 2.24) is 29.9 Å². The highest BCUT2D eigenvalue weighted by molar-refractivity contribution is 5.96. The van der Waals surface area contributed by atoms with E-state index in [1.807, 2.05) is 29.3 Å². The number of rotatable bonds is 6. The van der Waals surface area contributed by atoms with Crippen LogP contribution in [-0.2, 0) is 6.42 Å². The van der Waals surface area contributed by atoms with E-state index >= 15 is 0 Å². The van der Waals surface area contributed by atoms with E-state index in [1.165, 1.54) is 0 Å². The van der Waals surface area contributed by atoms with Crippen LogP contribution in [0.2, 0.25) is 0 Å². The first-order valence-electron chi connectivity index (χ1n) is 10.2. The van der Waals surface area contributed by atoms with Crippen molar-refractivity contribution in [3.63, 3.8) is 0 Å². The molecule has 0 spiro atoms. The van der Waals surface area contributed by atoms with Crippen LogP contribution in [0, 0.1) is 13.8 Å². The zero-order valence-electron chi connectivity index (χ0n) is 17.8. The van der Waals surface area contributed by atoms with Gasteiger partial charge in [0.1, 0.15) is 0 Å². The number of nitrogens with one attached hydrogen (secondary N) is 1. The molecule has 4 rings (SSSR count). The molecule has 0 saturated carbocycles. The summed E-state index contributed by atoms with van der Waals surface area (Å²) in [6.45, 7) is 8.70. The van der Waals surface area contributed by atoms with Crippen LogP contribution in [0.15, 0.2) is 48.8 Å². The third-order valence-electron chi connectivity index (χ3n) is 5.07. The first kappa shape index (κ1) is 19.8. The van der Waals surface area contributed by atoms with E-state index in [9.17, 15) is 4.79 Å². The molecular weight excluding hydrogens is 376 g/mol. The summed E-state index contributed by atoms with van der Waals surface area (Å²) in [5.41, 5.74) is 5.65. The summed E-state index contributed by atoms with van der Waals surface area (Å²) in [5.74, 6) is -0.124. The van der Waals surface area contributed by atoms with Crippen molar-refractivity contribution >= 4 is 16.9 Å². The number of carbonyl (C=O) groups is 1. The molecule has 1 aromatic carbocycles. The lowest BCUT2D eigenvalue weighted by Gasteiger charge is -2.08. The van der Waals surface area contributed by atoms with E-state index in [2.05, 4.69) is 64.7 Å². The Morgan fingerprint density at radius 1 is 1.10 bits per heavy atom. The zero-order valence-corrected chi connectivity index (χ0v) is 17.8. The van der Waals surface area contributed by atoms with Gasteiger partial charge in [0.15, 0.2) is 5.65 Å². The summed E-state index contributed by atoms with van der Waals surface area (Å²) < 4.78 is 3.79. The minimum Gasteiger partial charge on any atom is -0.352 e. The predicted octanol–water partition coefficient (Wildman–Crippen LogP) is 3.79. The van der Waals surface area contributed by atoms with Crippen molar-refractivity contribution < 1.29 is 4.79 Å². The van der Waals surface area contributed by atoms with Crippen molar-refractivity contribution in [1.29, 1.82) is 0 Å². The van der Waals surface area contributed by atoms with Gasteiger partial charge in [0.2, 0.25) is 0 Å². The van der Waals surface area contributed by atoms with Gasteiger partial charge in [0, 0.05) is 29.9 Å². The van der Waals surface area contributed by atoms with Crippen molar-refractivity contribution in [3.8, 4) is 5.69 Å². The molecule has 4 aromatic rings. The summed E-state index contributed by atoms with van der Waals surface area (Å²) in [6.07, 6.45) is 4.12. The summed E-state index contributed by atoms with van der Waals surface area (Å²) >= 11 is 0. The lowest BCUT2D eigenvalue weighted by atomic mass is 10.1. The van der Waals surface area contributed by atoms with Crippen LogP contribution in [0.3, 0.4) is 0 Å². The third kappa shape index (κ3) is 3.96. The Labute approximate surface area is 175 Å². The summed E-state index contributed by atoms with van der Waals surface area (Å²) in [7, 11) is 0. The lowest BCUT2D eigenvalue weighted by molar-refractivity contribution is 0.0954. The highest BCUT2D eigenvalue weighted by Crippen LogP contribution is 2.17. The van der Waals surface area contributed by atoms with Gasteiger partial charge in [0.05, 0.1) is 23.1 Å². The van der Waals surface area contributed by atoms with Gasteiger partial charge in [-0.1, -0.05) is 12.1 Å². The fourth-order valence-electron chi connectivity index (χ4n) is 3.56. The Morgan fingerprint density at radius 3 is 2.53 bits per heavy atom. The van der Waals surface area contributed by atoms with Crippen LogP contribution in [0.4, 0.5) is 0 Å². The molecule has 0 aliphatic heterocycles. The first-order valence-corrected chi connectivity index (χ1v) is 10.2. The van der Waals surface area contributed by atoms with Gasteiger partial charge in [0.25, 0.3) is 5.91 Å². The maximum Gasteiger partial charge on any atom is 0.252 e. The molecule has 7 nitrogen and oxygen atoms in total. The van der Waals surface area contributed by atoms with Gasteiger partial charge < -0.3 is 5.32 Å².